The SMILES string of the molecule is COC(=O)c1ccc(NC(=S)N2CCN(c3ccccc3F)CC2)cc1. The normalized spacial score (nSPS) is 14.1. The summed E-state index contributed by atoms with van der Waals surface area (Å²) in [5.74, 6) is -0.573. The second-order valence-corrected chi connectivity index (χ2v) is 6.31. The number of nitrogens with one attached hydrogen (secondary N) is 1. The molecule has 136 valence electrons. The molecule has 1 aliphatic heterocycles. The Labute approximate surface area is 157 Å². The van der Waals surface area contributed by atoms with E-state index >= 15 is 0 Å². The number of carbonyl (C=O) groups excluding carboxylic acids is 1. The number of piperazine rings is 1. The third-order valence-electron chi connectivity index (χ3n) is 4.32. The first kappa shape index (κ1) is 18.1. The summed E-state index contributed by atoms with van der Waals surface area (Å²) >= 11 is 5.47. The van der Waals surface area contributed by atoms with Gasteiger partial charge in [0.2, 0.25) is 0 Å². The molecule has 0 bridgehead atoms. The topological polar surface area (TPSA) is 44.8 Å². The molecule has 0 unspecified atom stereocenters. The Bertz CT molecular complexity index is 790. The van der Waals surface area contributed by atoms with Crippen LogP contribution in [0.4, 0.5) is 15.8 Å². The number of halogens is 1. The molecule has 0 radical (unpaired) electrons. The van der Waals surface area contributed by atoms with Gasteiger partial charge in [0.05, 0.1) is 18.4 Å². The number of esters is 1. The van der Waals surface area contributed by atoms with Crippen LogP contribution in [0.15, 0.2) is 48.5 Å². The van der Waals surface area contributed by atoms with Crippen LogP contribution in [-0.2, 0) is 4.74 Å². The number of hydrogen-bond donors (Lipinski definition) is 1. The van der Waals surface area contributed by atoms with E-state index in [1.165, 1.54) is 13.2 Å². The van der Waals surface area contributed by atoms with Crippen molar-refractivity contribution in [1.82, 2.24) is 4.90 Å². The van der Waals surface area contributed by atoms with Crippen molar-refractivity contribution in [3.8, 4) is 0 Å². The maximum atomic E-state index is 13.9. The average Bonchev–Trinajstić information content (AvgIpc) is 2.68. The summed E-state index contributed by atoms with van der Waals surface area (Å²) in [5.41, 5.74) is 1.92. The van der Waals surface area contributed by atoms with E-state index in [9.17, 15) is 9.18 Å². The van der Waals surface area contributed by atoms with Gasteiger partial charge in [0.1, 0.15) is 5.82 Å². The molecule has 0 spiro atoms. The van der Waals surface area contributed by atoms with Crippen molar-refractivity contribution in [3.05, 3.63) is 59.9 Å². The zero-order chi connectivity index (χ0) is 18.5. The summed E-state index contributed by atoms with van der Waals surface area (Å²) in [6.07, 6.45) is 0. The van der Waals surface area contributed by atoms with Crippen molar-refractivity contribution >= 4 is 34.7 Å². The molecular weight excluding hydrogens is 353 g/mol. The summed E-state index contributed by atoms with van der Waals surface area (Å²) in [5, 5.41) is 3.79. The van der Waals surface area contributed by atoms with E-state index in [-0.39, 0.29) is 11.8 Å². The minimum Gasteiger partial charge on any atom is -0.465 e. The monoisotopic (exact) mass is 373 g/mol. The molecular formula is C19H20FN3O2S. The number of nitrogens with zero attached hydrogens (tertiary/aromatic N) is 2. The van der Waals surface area contributed by atoms with Crippen LogP contribution in [0.1, 0.15) is 10.4 Å². The number of methoxy groups -OCH3 is 1. The fraction of sp³-hybridized carbons (Fsp3) is 0.263. The minimum atomic E-state index is -0.372. The zero-order valence-corrected chi connectivity index (χ0v) is 15.3. The van der Waals surface area contributed by atoms with Gasteiger partial charge in [0.25, 0.3) is 0 Å². The fourth-order valence-electron chi connectivity index (χ4n) is 2.87. The number of carbonyl (C=O) groups is 1. The number of anilines is 2. The second-order valence-electron chi connectivity index (χ2n) is 5.92. The van der Waals surface area contributed by atoms with Crippen LogP contribution in [0.25, 0.3) is 0 Å². The highest BCUT2D eigenvalue weighted by Crippen LogP contribution is 2.20. The van der Waals surface area contributed by atoms with Crippen molar-refractivity contribution < 1.29 is 13.9 Å². The lowest BCUT2D eigenvalue weighted by atomic mass is 10.2. The number of benzene rings is 2. The van der Waals surface area contributed by atoms with Gasteiger partial charge < -0.3 is 19.9 Å². The Morgan fingerprint density at radius 3 is 2.35 bits per heavy atom. The van der Waals surface area contributed by atoms with Gasteiger partial charge in [-0.1, -0.05) is 12.1 Å². The molecule has 26 heavy (non-hydrogen) atoms. The first-order valence-electron chi connectivity index (χ1n) is 8.32. The van der Waals surface area contributed by atoms with Crippen LogP contribution < -0.4 is 10.2 Å². The Morgan fingerprint density at radius 1 is 1.08 bits per heavy atom. The lowest BCUT2D eigenvalue weighted by Gasteiger charge is -2.37. The number of para-hydroxylation sites is 1. The van der Waals surface area contributed by atoms with Crippen molar-refractivity contribution in [1.29, 1.82) is 0 Å². The highest BCUT2D eigenvalue weighted by molar-refractivity contribution is 7.80. The molecule has 2 aromatic carbocycles. The maximum absolute atomic E-state index is 13.9. The largest absolute Gasteiger partial charge is 0.465 e. The van der Waals surface area contributed by atoms with E-state index in [1.807, 2.05) is 11.0 Å². The summed E-state index contributed by atoms with van der Waals surface area (Å²) in [4.78, 5) is 15.5. The van der Waals surface area contributed by atoms with E-state index in [2.05, 4.69) is 15.0 Å². The Hall–Kier alpha value is -2.67. The Morgan fingerprint density at radius 2 is 1.73 bits per heavy atom. The van der Waals surface area contributed by atoms with Gasteiger partial charge in [0.15, 0.2) is 5.11 Å². The third kappa shape index (κ3) is 4.11. The first-order valence-corrected chi connectivity index (χ1v) is 8.73. The molecule has 2 aromatic rings. The van der Waals surface area contributed by atoms with Crippen LogP contribution in [0.5, 0.6) is 0 Å². The van der Waals surface area contributed by atoms with Gasteiger partial charge in [-0.15, -0.1) is 0 Å². The van der Waals surface area contributed by atoms with Crippen LogP contribution in [0.2, 0.25) is 0 Å². The van der Waals surface area contributed by atoms with Crippen molar-refractivity contribution in [2.75, 3.05) is 43.5 Å². The Balaban J connectivity index is 1.55. The number of ether oxygens (including phenoxy) is 1. The molecule has 0 aromatic heterocycles. The molecule has 1 heterocycles. The van der Waals surface area contributed by atoms with E-state index in [4.69, 9.17) is 12.2 Å². The minimum absolute atomic E-state index is 0.202. The lowest BCUT2D eigenvalue weighted by molar-refractivity contribution is 0.0601. The Kier molecular flexibility index (Phi) is 5.68. The molecule has 5 nitrogen and oxygen atoms in total. The fourth-order valence-corrected chi connectivity index (χ4v) is 3.17. The van der Waals surface area contributed by atoms with E-state index < -0.39 is 0 Å². The van der Waals surface area contributed by atoms with Gasteiger partial charge in [-0.3, -0.25) is 0 Å². The molecule has 0 saturated carbocycles. The van der Waals surface area contributed by atoms with Gasteiger partial charge in [0, 0.05) is 31.9 Å². The summed E-state index contributed by atoms with van der Waals surface area (Å²) in [7, 11) is 1.35. The van der Waals surface area contributed by atoms with Crippen LogP contribution in [0, 0.1) is 5.82 Å². The molecule has 1 fully saturated rings. The molecule has 1 aliphatic rings. The predicted molar refractivity (Wildman–Crippen MR) is 104 cm³/mol. The quantitative estimate of drug-likeness (QED) is 0.659. The molecule has 1 saturated heterocycles. The number of rotatable bonds is 3. The van der Waals surface area contributed by atoms with E-state index in [0.717, 1.165) is 5.69 Å². The predicted octanol–water partition coefficient (Wildman–Crippen LogP) is 3.13. The average molecular weight is 373 g/mol. The third-order valence-corrected chi connectivity index (χ3v) is 4.68. The van der Waals surface area contributed by atoms with Crippen LogP contribution >= 0.6 is 12.2 Å². The first-order chi connectivity index (χ1) is 12.6. The summed E-state index contributed by atoms with van der Waals surface area (Å²) in [6.45, 7) is 2.81. The highest BCUT2D eigenvalue weighted by atomic mass is 32.1. The van der Waals surface area contributed by atoms with Crippen molar-refractivity contribution in [2.24, 2.45) is 0 Å². The summed E-state index contributed by atoms with van der Waals surface area (Å²) < 4.78 is 18.6. The number of hydrogen-bond acceptors (Lipinski definition) is 4. The molecule has 3 rings (SSSR count). The molecule has 0 amide bonds. The van der Waals surface area contributed by atoms with Crippen LogP contribution in [0.3, 0.4) is 0 Å². The van der Waals surface area contributed by atoms with Gasteiger partial charge >= 0.3 is 5.97 Å². The van der Waals surface area contributed by atoms with Gasteiger partial charge in [-0.05, 0) is 48.6 Å². The standard InChI is InChI=1S/C19H20FN3O2S/c1-25-18(24)14-6-8-15(9-7-14)21-19(26)23-12-10-22(11-13-23)17-5-3-2-4-16(17)20/h2-9H,10-13H2,1H3,(H,21,26). The van der Waals surface area contributed by atoms with Crippen molar-refractivity contribution in [2.45, 2.75) is 0 Å². The van der Waals surface area contributed by atoms with Gasteiger partial charge in [-0.2, -0.15) is 0 Å². The second kappa shape index (κ2) is 8.14. The molecule has 0 aliphatic carbocycles. The maximum Gasteiger partial charge on any atom is 0.337 e. The van der Waals surface area contributed by atoms with Gasteiger partial charge in [-0.25, -0.2) is 9.18 Å². The van der Waals surface area contributed by atoms with E-state index in [1.54, 1.807) is 36.4 Å². The van der Waals surface area contributed by atoms with Crippen molar-refractivity contribution in [3.63, 3.8) is 0 Å². The highest BCUT2D eigenvalue weighted by Gasteiger charge is 2.21. The molecule has 0 atom stereocenters. The molecule has 1 N–H and O–H groups in total. The zero-order valence-electron chi connectivity index (χ0n) is 14.4. The van der Waals surface area contributed by atoms with E-state index in [0.29, 0.717) is 42.5 Å². The summed E-state index contributed by atoms with van der Waals surface area (Å²) in [6, 6.07) is 13.8. The number of thiocarbonyl (C=S) groups is 1. The van der Waals surface area contributed by atoms with Crippen LogP contribution in [-0.4, -0.2) is 49.3 Å². The molecule has 7 heteroatoms. The lowest BCUT2D eigenvalue weighted by Crippen LogP contribution is -2.50. The smallest absolute Gasteiger partial charge is 0.337 e.